The van der Waals surface area contributed by atoms with Crippen LogP contribution >= 0.6 is 0 Å². The summed E-state index contributed by atoms with van der Waals surface area (Å²) in [6.07, 6.45) is 1.99. The Bertz CT molecular complexity index is 518. The van der Waals surface area contributed by atoms with Crippen LogP contribution in [-0.2, 0) is 13.1 Å². The topological polar surface area (TPSA) is 21.1 Å². The lowest BCUT2D eigenvalue weighted by Gasteiger charge is -2.24. The Morgan fingerprint density at radius 3 is 2.53 bits per heavy atom. The number of nitrogens with zero attached hydrogens (tertiary/aromatic N) is 3. The molecular formula is C15H20FN3. The molecule has 0 aliphatic heterocycles. The summed E-state index contributed by atoms with van der Waals surface area (Å²) in [7, 11) is 2.05. The first-order valence-electron chi connectivity index (χ1n) is 6.58. The molecule has 102 valence electrons. The van der Waals surface area contributed by atoms with Crippen LogP contribution in [0.3, 0.4) is 0 Å². The van der Waals surface area contributed by atoms with Gasteiger partial charge in [-0.3, -0.25) is 9.58 Å². The predicted octanol–water partition coefficient (Wildman–Crippen LogP) is 3.24. The third-order valence-corrected chi connectivity index (χ3v) is 3.44. The molecule has 0 saturated heterocycles. The maximum Gasteiger partial charge on any atom is 0.123 e. The van der Waals surface area contributed by atoms with Gasteiger partial charge in [0.05, 0.1) is 5.69 Å². The van der Waals surface area contributed by atoms with Crippen LogP contribution in [0.1, 0.15) is 31.1 Å². The van der Waals surface area contributed by atoms with Gasteiger partial charge in [-0.2, -0.15) is 5.10 Å². The number of halogens is 1. The highest BCUT2D eigenvalue weighted by molar-refractivity contribution is 5.19. The SMILES string of the molecule is CCn1ccc(CN(C)C(C)c2ccc(F)cc2)n1. The van der Waals surface area contributed by atoms with Gasteiger partial charge in [0.25, 0.3) is 0 Å². The van der Waals surface area contributed by atoms with E-state index < -0.39 is 0 Å². The molecule has 4 heteroatoms. The van der Waals surface area contributed by atoms with Gasteiger partial charge in [-0.05, 0) is 44.7 Å². The van der Waals surface area contributed by atoms with E-state index in [2.05, 4.69) is 30.9 Å². The zero-order chi connectivity index (χ0) is 13.8. The molecule has 0 amide bonds. The fourth-order valence-corrected chi connectivity index (χ4v) is 2.05. The summed E-state index contributed by atoms with van der Waals surface area (Å²) in [4.78, 5) is 2.20. The average molecular weight is 261 g/mol. The van der Waals surface area contributed by atoms with E-state index in [9.17, 15) is 4.39 Å². The Morgan fingerprint density at radius 2 is 1.95 bits per heavy atom. The van der Waals surface area contributed by atoms with Gasteiger partial charge in [0.1, 0.15) is 5.82 Å². The molecule has 2 rings (SSSR count). The van der Waals surface area contributed by atoms with Gasteiger partial charge in [0, 0.05) is 25.3 Å². The van der Waals surface area contributed by atoms with Crippen molar-refractivity contribution < 1.29 is 4.39 Å². The first-order valence-corrected chi connectivity index (χ1v) is 6.58. The quantitative estimate of drug-likeness (QED) is 0.824. The van der Waals surface area contributed by atoms with E-state index in [1.54, 1.807) is 0 Å². The third kappa shape index (κ3) is 3.41. The lowest BCUT2D eigenvalue weighted by Crippen LogP contribution is -2.22. The van der Waals surface area contributed by atoms with E-state index in [1.165, 1.54) is 12.1 Å². The van der Waals surface area contributed by atoms with Gasteiger partial charge < -0.3 is 0 Å². The van der Waals surface area contributed by atoms with Crippen LogP contribution in [0, 0.1) is 5.82 Å². The summed E-state index contributed by atoms with van der Waals surface area (Å²) in [5, 5.41) is 4.47. The van der Waals surface area contributed by atoms with Gasteiger partial charge in [0.2, 0.25) is 0 Å². The minimum absolute atomic E-state index is 0.194. The highest BCUT2D eigenvalue weighted by atomic mass is 19.1. The lowest BCUT2D eigenvalue weighted by molar-refractivity contribution is 0.249. The molecule has 2 aromatic rings. The smallest absolute Gasteiger partial charge is 0.123 e. The van der Waals surface area contributed by atoms with Crippen LogP contribution in [0.5, 0.6) is 0 Å². The fourth-order valence-electron chi connectivity index (χ4n) is 2.05. The van der Waals surface area contributed by atoms with Crippen molar-refractivity contribution in [2.45, 2.75) is 33.0 Å². The van der Waals surface area contributed by atoms with E-state index in [1.807, 2.05) is 29.1 Å². The van der Waals surface area contributed by atoms with Crippen LogP contribution in [0.4, 0.5) is 4.39 Å². The molecule has 0 fully saturated rings. The Morgan fingerprint density at radius 1 is 1.26 bits per heavy atom. The lowest BCUT2D eigenvalue weighted by atomic mass is 10.1. The van der Waals surface area contributed by atoms with Gasteiger partial charge in [-0.15, -0.1) is 0 Å². The van der Waals surface area contributed by atoms with Crippen molar-refractivity contribution in [3.05, 3.63) is 53.6 Å². The highest BCUT2D eigenvalue weighted by Crippen LogP contribution is 2.20. The molecule has 1 aromatic carbocycles. The number of hydrogen-bond donors (Lipinski definition) is 0. The monoisotopic (exact) mass is 261 g/mol. The molecule has 0 spiro atoms. The predicted molar refractivity (Wildman–Crippen MR) is 74.2 cm³/mol. The van der Waals surface area contributed by atoms with Crippen molar-refractivity contribution in [2.75, 3.05) is 7.05 Å². The summed E-state index contributed by atoms with van der Waals surface area (Å²) in [5.41, 5.74) is 2.16. The summed E-state index contributed by atoms with van der Waals surface area (Å²) < 4.78 is 14.8. The van der Waals surface area contributed by atoms with Gasteiger partial charge in [-0.1, -0.05) is 12.1 Å². The molecule has 3 nitrogen and oxygen atoms in total. The van der Waals surface area contributed by atoms with Crippen LogP contribution in [0.25, 0.3) is 0 Å². The number of rotatable bonds is 5. The summed E-state index contributed by atoms with van der Waals surface area (Å²) in [6, 6.07) is 8.95. The maximum absolute atomic E-state index is 12.9. The van der Waals surface area contributed by atoms with E-state index in [4.69, 9.17) is 0 Å². The number of benzene rings is 1. The van der Waals surface area contributed by atoms with Gasteiger partial charge in [0.15, 0.2) is 0 Å². The number of aromatic nitrogens is 2. The zero-order valence-electron chi connectivity index (χ0n) is 11.7. The van der Waals surface area contributed by atoms with Crippen molar-refractivity contribution in [3.8, 4) is 0 Å². The third-order valence-electron chi connectivity index (χ3n) is 3.44. The van der Waals surface area contributed by atoms with E-state index in [0.29, 0.717) is 0 Å². The molecule has 1 aromatic heterocycles. The van der Waals surface area contributed by atoms with Crippen LogP contribution in [-0.4, -0.2) is 21.7 Å². The van der Waals surface area contributed by atoms with Crippen LogP contribution in [0.15, 0.2) is 36.5 Å². The largest absolute Gasteiger partial charge is 0.294 e. The second kappa shape index (κ2) is 5.97. The molecule has 1 heterocycles. The molecule has 19 heavy (non-hydrogen) atoms. The molecule has 0 saturated carbocycles. The summed E-state index contributed by atoms with van der Waals surface area (Å²) >= 11 is 0. The average Bonchev–Trinajstić information content (AvgIpc) is 2.86. The number of hydrogen-bond acceptors (Lipinski definition) is 2. The first kappa shape index (κ1) is 13.7. The van der Waals surface area contributed by atoms with Crippen LogP contribution in [0.2, 0.25) is 0 Å². The van der Waals surface area contributed by atoms with Crippen molar-refractivity contribution in [2.24, 2.45) is 0 Å². The summed E-state index contributed by atoms with van der Waals surface area (Å²) in [6.45, 7) is 5.86. The van der Waals surface area contributed by atoms with Crippen molar-refractivity contribution in [3.63, 3.8) is 0 Å². The van der Waals surface area contributed by atoms with Gasteiger partial charge >= 0.3 is 0 Å². The molecule has 0 aliphatic carbocycles. The Labute approximate surface area is 113 Å². The molecule has 0 radical (unpaired) electrons. The van der Waals surface area contributed by atoms with E-state index in [0.717, 1.165) is 24.3 Å². The Hall–Kier alpha value is -1.68. The Balaban J connectivity index is 2.02. The molecular weight excluding hydrogens is 241 g/mol. The molecule has 0 N–H and O–H groups in total. The first-order chi connectivity index (χ1) is 9.10. The minimum atomic E-state index is -0.194. The second-order valence-corrected chi connectivity index (χ2v) is 4.81. The highest BCUT2D eigenvalue weighted by Gasteiger charge is 2.13. The molecule has 1 unspecified atom stereocenters. The minimum Gasteiger partial charge on any atom is -0.294 e. The van der Waals surface area contributed by atoms with Crippen molar-refractivity contribution in [1.82, 2.24) is 14.7 Å². The van der Waals surface area contributed by atoms with Crippen LogP contribution < -0.4 is 0 Å². The zero-order valence-corrected chi connectivity index (χ0v) is 11.7. The fraction of sp³-hybridized carbons (Fsp3) is 0.400. The standard InChI is InChI=1S/C15H20FN3/c1-4-19-10-9-15(17-19)11-18(3)12(2)13-5-7-14(16)8-6-13/h5-10,12H,4,11H2,1-3H3. The number of aryl methyl sites for hydroxylation is 1. The van der Waals surface area contributed by atoms with Gasteiger partial charge in [-0.25, -0.2) is 4.39 Å². The van der Waals surface area contributed by atoms with Crippen molar-refractivity contribution in [1.29, 1.82) is 0 Å². The normalized spacial score (nSPS) is 12.9. The summed E-state index contributed by atoms with van der Waals surface area (Å²) in [5.74, 6) is -0.194. The molecule has 0 bridgehead atoms. The Kier molecular flexibility index (Phi) is 4.32. The second-order valence-electron chi connectivity index (χ2n) is 4.81. The van der Waals surface area contributed by atoms with Crippen molar-refractivity contribution >= 4 is 0 Å². The van der Waals surface area contributed by atoms with E-state index in [-0.39, 0.29) is 11.9 Å². The molecule has 1 atom stereocenters. The molecule has 0 aliphatic rings. The maximum atomic E-state index is 12.9. The van der Waals surface area contributed by atoms with E-state index >= 15 is 0 Å².